The molecule has 5 nitrogen and oxygen atoms in total. The zero-order chi connectivity index (χ0) is 12.4. The summed E-state index contributed by atoms with van der Waals surface area (Å²) in [5, 5.41) is 0.726. The van der Waals surface area contributed by atoms with E-state index in [1.807, 2.05) is 12.1 Å². The summed E-state index contributed by atoms with van der Waals surface area (Å²) in [5.74, 6) is 0. The normalized spacial score (nSPS) is 17.3. The molecule has 1 saturated heterocycles. The molecule has 0 radical (unpaired) electrons. The quantitative estimate of drug-likeness (QED) is 0.823. The van der Waals surface area contributed by atoms with E-state index in [2.05, 4.69) is 9.88 Å². The Labute approximate surface area is 109 Å². The smallest absolute Gasteiger partial charge is 0.270 e. The highest BCUT2D eigenvalue weighted by Gasteiger charge is 2.12. The molecule has 0 atom stereocenters. The topological polar surface area (TPSA) is 47.4 Å². The van der Waals surface area contributed by atoms with Gasteiger partial charge in [-0.1, -0.05) is 0 Å². The van der Waals surface area contributed by atoms with E-state index in [9.17, 15) is 4.79 Å². The first-order valence-corrected chi connectivity index (χ1v) is 6.87. The molecule has 2 aromatic heterocycles. The first-order chi connectivity index (χ1) is 8.84. The van der Waals surface area contributed by atoms with E-state index in [4.69, 9.17) is 4.74 Å². The van der Waals surface area contributed by atoms with Crippen molar-refractivity contribution in [3.63, 3.8) is 0 Å². The summed E-state index contributed by atoms with van der Waals surface area (Å²) < 4.78 is 7.10. The summed E-state index contributed by atoms with van der Waals surface area (Å²) in [7, 11) is 0. The summed E-state index contributed by atoms with van der Waals surface area (Å²) >= 11 is 1.45. The van der Waals surface area contributed by atoms with Crippen LogP contribution in [0.1, 0.15) is 0 Å². The van der Waals surface area contributed by atoms with E-state index in [1.54, 1.807) is 10.2 Å². The first kappa shape index (κ1) is 11.8. The molecule has 0 N–H and O–H groups in total. The number of nitrogens with zero attached hydrogens (tertiary/aromatic N) is 3. The lowest BCUT2D eigenvalue weighted by molar-refractivity contribution is 0.0366. The summed E-state index contributed by atoms with van der Waals surface area (Å²) in [6.45, 7) is 5.14. The molecule has 96 valence electrons. The minimum atomic E-state index is 0.0800. The van der Waals surface area contributed by atoms with Gasteiger partial charge in [-0.25, -0.2) is 4.98 Å². The van der Waals surface area contributed by atoms with Crippen LogP contribution in [0, 0.1) is 0 Å². The Kier molecular flexibility index (Phi) is 3.40. The second kappa shape index (κ2) is 5.17. The van der Waals surface area contributed by atoms with Gasteiger partial charge in [0.25, 0.3) is 5.56 Å². The van der Waals surface area contributed by atoms with Gasteiger partial charge >= 0.3 is 0 Å². The molecule has 0 spiro atoms. The molecule has 2 aromatic rings. The highest BCUT2D eigenvalue weighted by atomic mass is 32.1. The van der Waals surface area contributed by atoms with Gasteiger partial charge in [0.1, 0.15) is 4.83 Å². The zero-order valence-corrected chi connectivity index (χ0v) is 10.9. The van der Waals surface area contributed by atoms with Crippen LogP contribution < -0.4 is 5.56 Å². The number of aromatic nitrogens is 2. The SMILES string of the molecule is O=c1c2cccnc2sn1CCN1CCOCC1. The fraction of sp³-hybridized carbons (Fsp3) is 0.500. The second-order valence-electron chi connectivity index (χ2n) is 4.31. The minimum absolute atomic E-state index is 0.0800. The molecule has 6 heteroatoms. The van der Waals surface area contributed by atoms with Gasteiger partial charge in [-0.3, -0.25) is 13.7 Å². The van der Waals surface area contributed by atoms with Crippen LogP contribution in [0.25, 0.3) is 10.2 Å². The number of hydrogen-bond donors (Lipinski definition) is 0. The predicted octanol–water partition coefficient (Wildman–Crippen LogP) is 0.790. The Hall–Kier alpha value is -1.24. The maximum absolute atomic E-state index is 12.1. The van der Waals surface area contributed by atoms with Crippen molar-refractivity contribution in [1.29, 1.82) is 0 Å². The highest BCUT2D eigenvalue weighted by molar-refractivity contribution is 7.13. The lowest BCUT2D eigenvalue weighted by Gasteiger charge is -2.26. The Morgan fingerprint density at radius 3 is 2.94 bits per heavy atom. The Morgan fingerprint density at radius 1 is 1.33 bits per heavy atom. The van der Waals surface area contributed by atoms with Crippen LogP contribution in [0.3, 0.4) is 0 Å². The summed E-state index contributed by atoms with van der Waals surface area (Å²) in [6, 6.07) is 3.65. The number of morpholine rings is 1. The van der Waals surface area contributed by atoms with Crippen molar-refractivity contribution in [2.75, 3.05) is 32.8 Å². The molecule has 0 aromatic carbocycles. The number of hydrogen-bond acceptors (Lipinski definition) is 5. The van der Waals surface area contributed by atoms with Crippen molar-refractivity contribution in [3.8, 4) is 0 Å². The highest BCUT2D eigenvalue weighted by Crippen LogP contribution is 2.12. The van der Waals surface area contributed by atoms with Crippen molar-refractivity contribution in [3.05, 3.63) is 28.7 Å². The molecule has 0 bridgehead atoms. The lowest BCUT2D eigenvalue weighted by Crippen LogP contribution is -2.38. The molecule has 3 rings (SSSR count). The maximum Gasteiger partial charge on any atom is 0.270 e. The van der Waals surface area contributed by atoms with Gasteiger partial charge in [0.2, 0.25) is 0 Å². The fourth-order valence-electron chi connectivity index (χ4n) is 2.11. The summed E-state index contributed by atoms with van der Waals surface area (Å²) in [5.41, 5.74) is 0.0800. The predicted molar refractivity (Wildman–Crippen MR) is 71.1 cm³/mol. The van der Waals surface area contributed by atoms with E-state index in [0.29, 0.717) is 0 Å². The average molecular weight is 265 g/mol. The van der Waals surface area contributed by atoms with Gasteiger partial charge in [0, 0.05) is 32.4 Å². The van der Waals surface area contributed by atoms with Crippen molar-refractivity contribution in [1.82, 2.24) is 13.8 Å². The van der Waals surface area contributed by atoms with E-state index in [1.165, 1.54) is 11.5 Å². The lowest BCUT2D eigenvalue weighted by atomic mass is 10.4. The Morgan fingerprint density at radius 2 is 2.17 bits per heavy atom. The molecule has 0 aliphatic carbocycles. The molecular formula is C12H15N3O2S. The third kappa shape index (κ3) is 2.31. The van der Waals surface area contributed by atoms with E-state index >= 15 is 0 Å². The van der Waals surface area contributed by atoms with Crippen molar-refractivity contribution in [2.24, 2.45) is 0 Å². The van der Waals surface area contributed by atoms with E-state index in [-0.39, 0.29) is 5.56 Å². The molecule has 18 heavy (non-hydrogen) atoms. The standard InChI is InChI=1S/C12H15N3O2S/c16-12-10-2-1-3-13-11(10)18-15(12)5-4-14-6-8-17-9-7-14/h1-3H,4-9H2. The average Bonchev–Trinajstić information content (AvgIpc) is 2.75. The van der Waals surface area contributed by atoms with E-state index in [0.717, 1.165) is 49.6 Å². The first-order valence-electron chi connectivity index (χ1n) is 6.09. The largest absolute Gasteiger partial charge is 0.379 e. The van der Waals surface area contributed by atoms with E-state index < -0.39 is 0 Å². The summed E-state index contributed by atoms with van der Waals surface area (Å²) in [4.78, 5) is 19.5. The number of fused-ring (bicyclic) bond motifs is 1. The third-order valence-corrected chi connectivity index (χ3v) is 4.21. The molecule has 0 amide bonds. The van der Waals surface area contributed by atoms with Crippen LogP contribution >= 0.6 is 11.5 Å². The van der Waals surface area contributed by atoms with Crippen LogP contribution in [0.5, 0.6) is 0 Å². The van der Waals surface area contributed by atoms with Crippen molar-refractivity contribution in [2.45, 2.75) is 6.54 Å². The molecule has 1 fully saturated rings. The van der Waals surface area contributed by atoms with Gasteiger partial charge in [-0.05, 0) is 23.7 Å². The molecular weight excluding hydrogens is 250 g/mol. The van der Waals surface area contributed by atoms with Crippen molar-refractivity contribution >= 4 is 21.7 Å². The van der Waals surface area contributed by atoms with Crippen LogP contribution in [-0.4, -0.2) is 46.7 Å². The van der Waals surface area contributed by atoms with Crippen molar-refractivity contribution < 1.29 is 4.74 Å². The molecule has 0 unspecified atom stereocenters. The van der Waals surface area contributed by atoms with Crippen LogP contribution in [-0.2, 0) is 11.3 Å². The van der Waals surface area contributed by atoms with Crippen LogP contribution in [0.15, 0.2) is 23.1 Å². The third-order valence-electron chi connectivity index (χ3n) is 3.15. The van der Waals surface area contributed by atoms with Crippen LogP contribution in [0.4, 0.5) is 0 Å². The maximum atomic E-state index is 12.1. The Balaban J connectivity index is 1.74. The fourth-order valence-corrected chi connectivity index (χ4v) is 3.04. The molecule has 3 heterocycles. The zero-order valence-electron chi connectivity index (χ0n) is 10.0. The number of pyridine rings is 1. The molecule has 1 aliphatic heterocycles. The monoisotopic (exact) mass is 265 g/mol. The van der Waals surface area contributed by atoms with Gasteiger partial charge in [-0.2, -0.15) is 0 Å². The Bertz CT molecular complexity index is 586. The number of ether oxygens (including phenoxy) is 1. The minimum Gasteiger partial charge on any atom is -0.379 e. The van der Waals surface area contributed by atoms with Gasteiger partial charge in [0.05, 0.1) is 18.6 Å². The second-order valence-corrected chi connectivity index (χ2v) is 5.32. The molecule has 1 aliphatic rings. The van der Waals surface area contributed by atoms with Gasteiger partial charge < -0.3 is 4.74 Å². The van der Waals surface area contributed by atoms with Gasteiger partial charge in [-0.15, -0.1) is 0 Å². The molecule has 0 saturated carbocycles. The summed E-state index contributed by atoms with van der Waals surface area (Å²) in [6.07, 6.45) is 1.73. The van der Waals surface area contributed by atoms with Gasteiger partial charge in [0.15, 0.2) is 0 Å². The number of rotatable bonds is 3. The van der Waals surface area contributed by atoms with Crippen LogP contribution in [0.2, 0.25) is 0 Å².